The Morgan fingerprint density at radius 1 is 1.04 bits per heavy atom. The lowest BCUT2D eigenvalue weighted by atomic mass is 10.1. The summed E-state index contributed by atoms with van der Waals surface area (Å²) in [4.78, 5) is 14.5. The first-order valence-electron chi connectivity index (χ1n) is 8.18. The van der Waals surface area contributed by atoms with E-state index in [4.69, 9.17) is 0 Å². The van der Waals surface area contributed by atoms with Crippen LogP contribution in [0.15, 0.2) is 42.5 Å². The number of carbonyl (C=O) groups excluding carboxylic acids is 1. The molecule has 0 heterocycles. The van der Waals surface area contributed by atoms with Crippen molar-refractivity contribution in [3.05, 3.63) is 59.2 Å². The molecule has 0 bridgehead atoms. The summed E-state index contributed by atoms with van der Waals surface area (Å²) in [7, 11) is 0. The maximum absolute atomic E-state index is 12.3. The van der Waals surface area contributed by atoms with Gasteiger partial charge in [0, 0.05) is 30.9 Å². The van der Waals surface area contributed by atoms with Crippen LogP contribution in [0, 0.1) is 20.8 Å². The SMILES string of the molecule is CCN(CCC(=O)Nc1cc(C)ccc1C)c1cccc(C)c1. The van der Waals surface area contributed by atoms with E-state index < -0.39 is 0 Å². The molecule has 0 radical (unpaired) electrons. The van der Waals surface area contributed by atoms with Crippen molar-refractivity contribution in [1.82, 2.24) is 0 Å². The molecule has 2 aromatic rings. The molecular weight excluding hydrogens is 284 g/mol. The minimum atomic E-state index is 0.0600. The third kappa shape index (κ3) is 4.85. The number of hydrogen-bond donors (Lipinski definition) is 1. The van der Waals surface area contributed by atoms with Crippen LogP contribution in [-0.4, -0.2) is 19.0 Å². The van der Waals surface area contributed by atoms with Gasteiger partial charge in [-0.25, -0.2) is 0 Å². The van der Waals surface area contributed by atoms with Gasteiger partial charge in [-0.05, 0) is 62.6 Å². The van der Waals surface area contributed by atoms with E-state index in [1.165, 1.54) is 11.3 Å². The molecule has 1 N–H and O–H groups in total. The van der Waals surface area contributed by atoms with E-state index in [1.54, 1.807) is 0 Å². The molecule has 2 aromatic carbocycles. The molecule has 0 atom stereocenters. The predicted octanol–water partition coefficient (Wildman–Crippen LogP) is 4.47. The molecule has 0 aliphatic carbocycles. The standard InChI is InChI=1S/C20H26N2O/c1-5-22(18-8-6-7-15(2)13-18)12-11-20(23)21-19-14-16(3)9-10-17(19)4/h6-10,13-14H,5,11-12H2,1-4H3,(H,21,23). The summed E-state index contributed by atoms with van der Waals surface area (Å²) >= 11 is 0. The fraction of sp³-hybridized carbons (Fsp3) is 0.350. The average Bonchev–Trinajstić information content (AvgIpc) is 2.51. The van der Waals surface area contributed by atoms with Gasteiger partial charge in [0.25, 0.3) is 0 Å². The van der Waals surface area contributed by atoms with Gasteiger partial charge in [0.15, 0.2) is 0 Å². The Labute approximate surface area is 139 Å². The summed E-state index contributed by atoms with van der Waals surface area (Å²) in [6.07, 6.45) is 0.481. The molecule has 23 heavy (non-hydrogen) atoms. The minimum Gasteiger partial charge on any atom is -0.371 e. The molecule has 1 amide bonds. The van der Waals surface area contributed by atoms with E-state index >= 15 is 0 Å². The van der Waals surface area contributed by atoms with Crippen LogP contribution < -0.4 is 10.2 Å². The average molecular weight is 310 g/mol. The van der Waals surface area contributed by atoms with Crippen LogP contribution in [-0.2, 0) is 4.79 Å². The number of nitrogens with zero attached hydrogens (tertiary/aromatic N) is 1. The van der Waals surface area contributed by atoms with Crippen LogP contribution in [0.2, 0.25) is 0 Å². The van der Waals surface area contributed by atoms with Gasteiger partial charge >= 0.3 is 0 Å². The number of aryl methyl sites for hydroxylation is 3. The maximum Gasteiger partial charge on any atom is 0.226 e. The van der Waals surface area contributed by atoms with Crippen molar-refractivity contribution < 1.29 is 4.79 Å². The van der Waals surface area contributed by atoms with Gasteiger partial charge in [0.1, 0.15) is 0 Å². The van der Waals surface area contributed by atoms with E-state index in [-0.39, 0.29) is 5.91 Å². The van der Waals surface area contributed by atoms with E-state index in [0.29, 0.717) is 6.42 Å². The van der Waals surface area contributed by atoms with Gasteiger partial charge in [-0.2, -0.15) is 0 Å². The lowest BCUT2D eigenvalue weighted by molar-refractivity contribution is -0.116. The minimum absolute atomic E-state index is 0.0600. The van der Waals surface area contributed by atoms with Crippen molar-refractivity contribution in [2.45, 2.75) is 34.1 Å². The Hall–Kier alpha value is -2.29. The quantitative estimate of drug-likeness (QED) is 0.854. The molecule has 0 spiro atoms. The summed E-state index contributed by atoms with van der Waals surface area (Å²) in [5.74, 6) is 0.0600. The largest absolute Gasteiger partial charge is 0.371 e. The Balaban J connectivity index is 1.96. The first-order valence-corrected chi connectivity index (χ1v) is 8.18. The van der Waals surface area contributed by atoms with Crippen molar-refractivity contribution >= 4 is 17.3 Å². The van der Waals surface area contributed by atoms with E-state index in [0.717, 1.165) is 29.9 Å². The number of amides is 1. The molecule has 0 unspecified atom stereocenters. The zero-order valence-electron chi connectivity index (χ0n) is 14.5. The van der Waals surface area contributed by atoms with E-state index in [2.05, 4.69) is 54.4 Å². The van der Waals surface area contributed by atoms with Crippen molar-refractivity contribution in [3.8, 4) is 0 Å². The van der Waals surface area contributed by atoms with Crippen LogP contribution in [0.5, 0.6) is 0 Å². The van der Waals surface area contributed by atoms with Gasteiger partial charge in [-0.15, -0.1) is 0 Å². The zero-order chi connectivity index (χ0) is 16.8. The molecule has 0 aromatic heterocycles. The van der Waals surface area contributed by atoms with E-state index in [9.17, 15) is 4.79 Å². The Morgan fingerprint density at radius 3 is 2.48 bits per heavy atom. The number of benzene rings is 2. The first-order chi connectivity index (χ1) is 11.0. The monoisotopic (exact) mass is 310 g/mol. The van der Waals surface area contributed by atoms with Crippen molar-refractivity contribution in [2.24, 2.45) is 0 Å². The summed E-state index contributed by atoms with van der Waals surface area (Å²) in [5, 5.41) is 3.03. The zero-order valence-corrected chi connectivity index (χ0v) is 14.5. The third-order valence-electron chi connectivity index (χ3n) is 4.02. The molecule has 2 rings (SSSR count). The molecule has 122 valence electrons. The van der Waals surface area contributed by atoms with Gasteiger partial charge in [0.2, 0.25) is 5.91 Å². The number of anilines is 2. The smallest absolute Gasteiger partial charge is 0.226 e. The molecule has 0 aliphatic heterocycles. The normalized spacial score (nSPS) is 10.4. The van der Waals surface area contributed by atoms with Crippen molar-refractivity contribution in [1.29, 1.82) is 0 Å². The number of nitrogens with one attached hydrogen (secondary N) is 1. The lowest BCUT2D eigenvalue weighted by Crippen LogP contribution is -2.27. The van der Waals surface area contributed by atoms with Crippen LogP contribution in [0.3, 0.4) is 0 Å². The molecule has 0 aliphatic rings. The summed E-state index contributed by atoms with van der Waals surface area (Å²) in [6.45, 7) is 9.86. The molecule has 3 nitrogen and oxygen atoms in total. The van der Waals surface area contributed by atoms with Crippen LogP contribution in [0.25, 0.3) is 0 Å². The second kappa shape index (κ2) is 7.82. The topological polar surface area (TPSA) is 32.3 Å². The van der Waals surface area contributed by atoms with Gasteiger partial charge in [-0.1, -0.05) is 24.3 Å². The predicted molar refractivity (Wildman–Crippen MR) is 98.2 cm³/mol. The molecule has 3 heteroatoms. The van der Waals surface area contributed by atoms with Gasteiger partial charge in [0.05, 0.1) is 0 Å². The number of rotatable bonds is 6. The fourth-order valence-electron chi connectivity index (χ4n) is 2.61. The highest BCUT2D eigenvalue weighted by Gasteiger charge is 2.09. The highest BCUT2D eigenvalue weighted by Crippen LogP contribution is 2.18. The van der Waals surface area contributed by atoms with E-state index in [1.807, 2.05) is 26.0 Å². The van der Waals surface area contributed by atoms with Crippen molar-refractivity contribution in [3.63, 3.8) is 0 Å². The Morgan fingerprint density at radius 2 is 1.78 bits per heavy atom. The number of carbonyl (C=O) groups is 1. The first kappa shape index (κ1) is 17.1. The lowest BCUT2D eigenvalue weighted by Gasteiger charge is -2.23. The summed E-state index contributed by atoms with van der Waals surface area (Å²) < 4.78 is 0. The van der Waals surface area contributed by atoms with Gasteiger partial charge < -0.3 is 10.2 Å². The fourth-order valence-corrected chi connectivity index (χ4v) is 2.61. The Kier molecular flexibility index (Phi) is 5.80. The Bertz CT molecular complexity index is 679. The summed E-state index contributed by atoms with van der Waals surface area (Å²) in [5.41, 5.74) is 5.57. The van der Waals surface area contributed by atoms with Crippen LogP contribution in [0.4, 0.5) is 11.4 Å². The van der Waals surface area contributed by atoms with Gasteiger partial charge in [-0.3, -0.25) is 4.79 Å². The highest BCUT2D eigenvalue weighted by atomic mass is 16.1. The van der Waals surface area contributed by atoms with Crippen LogP contribution in [0.1, 0.15) is 30.0 Å². The summed E-state index contributed by atoms with van der Waals surface area (Å²) in [6, 6.07) is 14.5. The van der Waals surface area contributed by atoms with Crippen molar-refractivity contribution in [2.75, 3.05) is 23.3 Å². The molecule has 0 saturated carbocycles. The molecular formula is C20H26N2O. The highest BCUT2D eigenvalue weighted by molar-refractivity contribution is 5.91. The second-order valence-electron chi connectivity index (χ2n) is 6.04. The molecule has 0 fully saturated rings. The maximum atomic E-state index is 12.3. The second-order valence-corrected chi connectivity index (χ2v) is 6.04. The molecule has 0 saturated heterocycles. The number of hydrogen-bond acceptors (Lipinski definition) is 2. The van der Waals surface area contributed by atoms with Crippen LogP contribution >= 0.6 is 0 Å². The third-order valence-corrected chi connectivity index (χ3v) is 4.02.